The highest BCUT2D eigenvalue weighted by molar-refractivity contribution is 9.09. The maximum Gasteiger partial charge on any atom is 0.177 e. The van der Waals surface area contributed by atoms with Gasteiger partial charge in [0.25, 0.3) is 0 Å². The zero-order valence-corrected chi connectivity index (χ0v) is 9.94. The van der Waals surface area contributed by atoms with Gasteiger partial charge in [0.2, 0.25) is 0 Å². The van der Waals surface area contributed by atoms with Gasteiger partial charge in [-0.1, -0.05) is 36.4 Å². The number of ether oxygens (including phenoxy) is 1. The Hall–Kier alpha value is -1.32. The second-order valence-corrected chi connectivity index (χ2v) is 4.86. The molecule has 2 aromatic carbocycles. The average molecular weight is 277 g/mol. The summed E-state index contributed by atoms with van der Waals surface area (Å²) < 4.78 is 4.55. The molecule has 0 amide bonds. The van der Waals surface area contributed by atoms with Gasteiger partial charge < -0.3 is 9.84 Å². The van der Waals surface area contributed by atoms with Crippen LogP contribution in [0.15, 0.2) is 48.5 Å². The summed E-state index contributed by atoms with van der Waals surface area (Å²) >= 11 is 3.37. The molecule has 16 heavy (non-hydrogen) atoms. The number of para-hydroxylation sites is 2. The molecule has 80 valence electrons. The Kier molecular flexibility index (Phi) is 2.06. The summed E-state index contributed by atoms with van der Waals surface area (Å²) in [6.45, 7) is 0. The lowest BCUT2D eigenvalue weighted by molar-refractivity contribution is 0.173. The molecular weight excluding hydrogens is 268 g/mol. The number of rotatable bonds is 0. The Morgan fingerprint density at radius 3 is 1.81 bits per heavy atom. The van der Waals surface area contributed by atoms with E-state index in [0.717, 1.165) is 11.1 Å². The normalized spacial score (nSPS) is 15.9. The first-order valence-corrected chi connectivity index (χ1v) is 5.77. The van der Waals surface area contributed by atoms with E-state index >= 15 is 0 Å². The minimum Gasteiger partial charge on any atom is -0.456 e. The van der Waals surface area contributed by atoms with Crippen LogP contribution in [0.4, 0.5) is 0 Å². The minimum atomic E-state index is -1.17. The van der Waals surface area contributed by atoms with Crippen LogP contribution in [0.3, 0.4) is 0 Å². The maximum atomic E-state index is 10.5. The maximum absolute atomic E-state index is 10.5. The highest BCUT2D eigenvalue weighted by Crippen LogP contribution is 2.49. The van der Waals surface area contributed by atoms with Gasteiger partial charge in [0.15, 0.2) is 4.51 Å². The van der Waals surface area contributed by atoms with Gasteiger partial charge in [-0.25, -0.2) is 0 Å². The molecule has 1 N–H and O–H groups in total. The molecule has 3 rings (SSSR count). The molecular formula is C13H9BrO2. The molecule has 0 bridgehead atoms. The molecule has 0 radical (unpaired) electrons. The number of hydrogen-bond donors (Lipinski definition) is 1. The molecule has 0 aromatic heterocycles. The highest BCUT2D eigenvalue weighted by atomic mass is 79.9. The Morgan fingerprint density at radius 2 is 1.31 bits per heavy atom. The zero-order valence-electron chi connectivity index (χ0n) is 8.35. The van der Waals surface area contributed by atoms with E-state index in [0.29, 0.717) is 11.5 Å². The number of fused-ring (bicyclic) bond motifs is 2. The summed E-state index contributed by atoms with van der Waals surface area (Å²) in [5, 5.41) is 10.5. The Balaban J connectivity index is 2.28. The SMILES string of the molecule is OC1(Br)c2ccccc2Oc2ccccc21. The predicted octanol–water partition coefficient (Wildman–Crippen LogP) is 3.38. The Morgan fingerprint density at radius 1 is 0.875 bits per heavy atom. The fourth-order valence-electron chi connectivity index (χ4n) is 1.92. The van der Waals surface area contributed by atoms with Gasteiger partial charge in [0, 0.05) is 11.1 Å². The molecule has 0 atom stereocenters. The van der Waals surface area contributed by atoms with Crippen LogP contribution in [0.25, 0.3) is 0 Å². The van der Waals surface area contributed by atoms with Gasteiger partial charge in [-0.15, -0.1) is 0 Å². The summed E-state index contributed by atoms with van der Waals surface area (Å²) in [6, 6.07) is 14.9. The lowest BCUT2D eigenvalue weighted by Gasteiger charge is -2.31. The molecule has 2 aromatic rings. The smallest absolute Gasteiger partial charge is 0.177 e. The molecule has 1 aliphatic heterocycles. The van der Waals surface area contributed by atoms with Crippen LogP contribution in [0, 0.1) is 0 Å². The van der Waals surface area contributed by atoms with Gasteiger partial charge >= 0.3 is 0 Å². The van der Waals surface area contributed by atoms with Gasteiger partial charge in [-0.05, 0) is 28.1 Å². The summed E-state index contributed by atoms with van der Waals surface area (Å²) in [6.07, 6.45) is 0. The molecule has 0 saturated carbocycles. The summed E-state index contributed by atoms with van der Waals surface area (Å²) in [5.74, 6) is 1.36. The van der Waals surface area contributed by atoms with Crippen molar-refractivity contribution in [3.8, 4) is 11.5 Å². The first-order chi connectivity index (χ1) is 7.69. The second-order valence-electron chi connectivity index (χ2n) is 3.72. The van der Waals surface area contributed by atoms with Crippen molar-refractivity contribution in [1.29, 1.82) is 0 Å². The van der Waals surface area contributed by atoms with Crippen LogP contribution in [-0.2, 0) is 4.51 Å². The van der Waals surface area contributed by atoms with E-state index in [9.17, 15) is 5.11 Å². The van der Waals surface area contributed by atoms with Crippen molar-refractivity contribution in [2.75, 3.05) is 0 Å². The molecule has 1 heterocycles. The zero-order chi connectivity index (χ0) is 11.2. The van der Waals surface area contributed by atoms with E-state index < -0.39 is 4.51 Å². The average Bonchev–Trinajstić information content (AvgIpc) is 2.29. The monoisotopic (exact) mass is 276 g/mol. The van der Waals surface area contributed by atoms with Gasteiger partial charge in [0.05, 0.1) is 0 Å². The fourth-order valence-corrected chi connectivity index (χ4v) is 2.58. The van der Waals surface area contributed by atoms with Crippen molar-refractivity contribution < 1.29 is 9.84 Å². The number of halogens is 1. The number of alkyl halides is 1. The second kappa shape index (κ2) is 3.34. The standard InChI is InChI=1S/C13H9BrO2/c14-13(15)9-5-1-3-7-11(9)16-12-8-4-2-6-10(12)13/h1-8,15H. The van der Waals surface area contributed by atoms with Crippen LogP contribution in [0.5, 0.6) is 11.5 Å². The molecule has 0 fully saturated rings. The molecule has 0 aliphatic carbocycles. The topological polar surface area (TPSA) is 29.5 Å². The van der Waals surface area contributed by atoms with Crippen LogP contribution in [-0.4, -0.2) is 5.11 Å². The number of aliphatic hydroxyl groups is 1. The van der Waals surface area contributed by atoms with Crippen molar-refractivity contribution in [2.45, 2.75) is 4.51 Å². The van der Waals surface area contributed by atoms with Crippen molar-refractivity contribution in [3.05, 3.63) is 59.7 Å². The van der Waals surface area contributed by atoms with Crippen molar-refractivity contribution in [3.63, 3.8) is 0 Å². The van der Waals surface area contributed by atoms with Gasteiger partial charge in [-0.3, -0.25) is 0 Å². The van der Waals surface area contributed by atoms with E-state index in [1.165, 1.54) is 0 Å². The third-order valence-corrected chi connectivity index (χ3v) is 3.56. The third-order valence-electron chi connectivity index (χ3n) is 2.71. The molecule has 0 unspecified atom stereocenters. The minimum absolute atomic E-state index is 0.681. The van der Waals surface area contributed by atoms with E-state index in [1.807, 2.05) is 48.5 Å². The van der Waals surface area contributed by atoms with Crippen LogP contribution >= 0.6 is 15.9 Å². The van der Waals surface area contributed by atoms with Crippen molar-refractivity contribution in [2.24, 2.45) is 0 Å². The van der Waals surface area contributed by atoms with Crippen molar-refractivity contribution in [1.82, 2.24) is 0 Å². The largest absolute Gasteiger partial charge is 0.456 e. The lowest BCUT2D eigenvalue weighted by atomic mass is 9.97. The number of hydrogen-bond acceptors (Lipinski definition) is 2. The molecule has 0 spiro atoms. The summed E-state index contributed by atoms with van der Waals surface area (Å²) in [5.41, 5.74) is 1.46. The summed E-state index contributed by atoms with van der Waals surface area (Å²) in [7, 11) is 0. The fraction of sp³-hybridized carbons (Fsp3) is 0.0769. The Labute approximate surface area is 102 Å². The summed E-state index contributed by atoms with van der Waals surface area (Å²) in [4.78, 5) is 0. The van der Waals surface area contributed by atoms with Gasteiger partial charge in [0.1, 0.15) is 11.5 Å². The van der Waals surface area contributed by atoms with Crippen molar-refractivity contribution >= 4 is 15.9 Å². The quantitative estimate of drug-likeness (QED) is 0.748. The van der Waals surface area contributed by atoms with Gasteiger partial charge in [-0.2, -0.15) is 0 Å². The van der Waals surface area contributed by atoms with Crippen LogP contribution < -0.4 is 4.74 Å². The van der Waals surface area contributed by atoms with E-state index in [-0.39, 0.29) is 0 Å². The van der Waals surface area contributed by atoms with Crippen LogP contribution in [0.1, 0.15) is 11.1 Å². The molecule has 3 heteroatoms. The first kappa shape index (κ1) is 9.87. The van der Waals surface area contributed by atoms with E-state index in [2.05, 4.69) is 15.9 Å². The predicted molar refractivity (Wildman–Crippen MR) is 64.9 cm³/mol. The van der Waals surface area contributed by atoms with Crippen LogP contribution in [0.2, 0.25) is 0 Å². The molecule has 0 saturated heterocycles. The highest BCUT2D eigenvalue weighted by Gasteiger charge is 2.37. The number of benzene rings is 2. The Bertz CT molecular complexity index is 502. The molecule has 2 nitrogen and oxygen atoms in total. The van der Waals surface area contributed by atoms with E-state index in [1.54, 1.807) is 0 Å². The molecule has 1 aliphatic rings. The lowest BCUT2D eigenvalue weighted by Crippen LogP contribution is -2.23. The first-order valence-electron chi connectivity index (χ1n) is 4.98. The third kappa shape index (κ3) is 1.29. The van der Waals surface area contributed by atoms with E-state index in [4.69, 9.17) is 4.74 Å².